The van der Waals surface area contributed by atoms with Gasteiger partial charge in [-0.15, -0.1) is 0 Å². The molecule has 1 saturated carbocycles. The summed E-state index contributed by atoms with van der Waals surface area (Å²) in [7, 11) is -4.08. The van der Waals surface area contributed by atoms with E-state index in [1.807, 2.05) is 0 Å². The van der Waals surface area contributed by atoms with Crippen LogP contribution in [0.4, 0.5) is 21.5 Å². The van der Waals surface area contributed by atoms with E-state index in [4.69, 9.17) is 11.5 Å². The second-order valence-corrected chi connectivity index (χ2v) is 9.74. The zero-order valence-corrected chi connectivity index (χ0v) is 17.6. The lowest BCUT2D eigenvalue weighted by Gasteiger charge is -2.36. The van der Waals surface area contributed by atoms with Gasteiger partial charge in [-0.2, -0.15) is 0 Å². The van der Waals surface area contributed by atoms with Gasteiger partial charge in [0.15, 0.2) is 4.75 Å². The maximum atomic E-state index is 13.4. The summed E-state index contributed by atoms with van der Waals surface area (Å²) in [6, 6.07) is 9.73. The van der Waals surface area contributed by atoms with E-state index in [9.17, 15) is 17.6 Å². The quantitative estimate of drug-likeness (QED) is 0.519. The molecular formula is C21H27FN4O3S. The van der Waals surface area contributed by atoms with E-state index >= 15 is 0 Å². The zero-order valence-electron chi connectivity index (χ0n) is 16.8. The highest BCUT2D eigenvalue weighted by atomic mass is 32.2. The summed E-state index contributed by atoms with van der Waals surface area (Å²) in [5, 5.41) is 2.81. The average Bonchev–Trinajstić information content (AvgIpc) is 2.71. The minimum absolute atomic E-state index is 0.217. The number of nitrogen functional groups attached to an aromatic ring is 2. The number of amides is 1. The van der Waals surface area contributed by atoms with E-state index in [2.05, 4.69) is 10.0 Å². The van der Waals surface area contributed by atoms with Gasteiger partial charge >= 0.3 is 0 Å². The summed E-state index contributed by atoms with van der Waals surface area (Å²) in [6.07, 6.45) is 2.56. The van der Waals surface area contributed by atoms with Gasteiger partial charge in [-0.05, 0) is 55.7 Å². The first-order chi connectivity index (χ1) is 14.1. The normalized spacial score (nSPS) is 17.1. The fourth-order valence-corrected chi connectivity index (χ4v) is 5.56. The lowest BCUT2D eigenvalue weighted by atomic mass is 9.87. The second-order valence-electron chi connectivity index (χ2n) is 7.75. The summed E-state index contributed by atoms with van der Waals surface area (Å²) in [5.41, 5.74) is 13.0. The number of nitrogens with two attached hydrogens (primary N) is 2. The number of benzene rings is 2. The van der Waals surface area contributed by atoms with E-state index in [0.29, 0.717) is 24.1 Å². The Labute approximate surface area is 176 Å². The van der Waals surface area contributed by atoms with Crippen LogP contribution in [-0.2, 0) is 14.8 Å². The third kappa shape index (κ3) is 4.35. The molecule has 2 aromatic rings. The van der Waals surface area contributed by atoms with Crippen LogP contribution in [0.5, 0.6) is 0 Å². The number of nitrogens with one attached hydrogen (secondary N) is 2. The zero-order chi connectivity index (χ0) is 21.9. The Kier molecular flexibility index (Phi) is 6.21. The van der Waals surface area contributed by atoms with Gasteiger partial charge in [0.2, 0.25) is 15.9 Å². The molecule has 1 atom stereocenters. The van der Waals surface area contributed by atoms with Gasteiger partial charge in [0.25, 0.3) is 0 Å². The standard InChI is InChI=1S/C21H27FN4O3S/c1-14(15-5-7-16(22)8-6-15)25-20(27)21(11-3-2-4-12-21)30(28,29)26-17-9-10-18(23)19(24)13-17/h5-10,13-14,26H,2-4,11-12,23-24H2,1H3,(H,25,27)/t14-/m1/s1. The van der Waals surface area contributed by atoms with Crippen molar-refractivity contribution in [2.75, 3.05) is 16.2 Å². The third-order valence-corrected chi connectivity index (χ3v) is 7.77. The highest BCUT2D eigenvalue weighted by Crippen LogP contribution is 2.37. The second kappa shape index (κ2) is 8.51. The Morgan fingerprint density at radius 1 is 1.03 bits per heavy atom. The molecule has 1 aliphatic rings. The molecule has 6 N–H and O–H groups in total. The Morgan fingerprint density at radius 2 is 1.67 bits per heavy atom. The molecule has 0 saturated heterocycles. The number of hydrogen-bond acceptors (Lipinski definition) is 5. The van der Waals surface area contributed by atoms with Crippen LogP contribution in [0, 0.1) is 5.82 Å². The van der Waals surface area contributed by atoms with E-state index in [0.717, 1.165) is 6.42 Å². The smallest absolute Gasteiger partial charge is 0.247 e. The van der Waals surface area contributed by atoms with Gasteiger partial charge < -0.3 is 16.8 Å². The molecule has 0 heterocycles. The maximum Gasteiger partial charge on any atom is 0.247 e. The number of sulfonamides is 1. The van der Waals surface area contributed by atoms with Crippen LogP contribution in [0.15, 0.2) is 42.5 Å². The van der Waals surface area contributed by atoms with E-state index in [1.165, 1.54) is 30.3 Å². The van der Waals surface area contributed by atoms with Crippen molar-refractivity contribution >= 4 is 33.0 Å². The molecule has 0 unspecified atom stereocenters. The van der Waals surface area contributed by atoms with E-state index in [1.54, 1.807) is 19.1 Å². The molecular weight excluding hydrogens is 407 g/mol. The molecule has 2 aromatic carbocycles. The number of halogens is 1. The molecule has 1 amide bonds. The first-order valence-electron chi connectivity index (χ1n) is 9.88. The van der Waals surface area contributed by atoms with E-state index in [-0.39, 0.29) is 30.0 Å². The van der Waals surface area contributed by atoms with Crippen molar-refractivity contribution in [2.24, 2.45) is 0 Å². The van der Waals surface area contributed by atoms with Crippen molar-refractivity contribution in [3.63, 3.8) is 0 Å². The molecule has 162 valence electrons. The van der Waals surface area contributed by atoms with Crippen LogP contribution in [0.2, 0.25) is 0 Å². The summed E-state index contributed by atoms with van der Waals surface area (Å²) >= 11 is 0. The van der Waals surface area contributed by atoms with Gasteiger partial charge in [-0.3, -0.25) is 9.52 Å². The Hall–Kier alpha value is -2.81. The fraction of sp³-hybridized carbons (Fsp3) is 0.381. The molecule has 9 heteroatoms. The van der Waals surface area contributed by atoms with Crippen LogP contribution in [0.25, 0.3) is 0 Å². The van der Waals surface area contributed by atoms with Gasteiger partial charge in [0.05, 0.1) is 23.1 Å². The first-order valence-corrected chi connectivity index (χ1v) is 11.4. The third-order valence-electron chi connectivity index (χ3n) is 5.65. The lowest BCUT2D eigenvalue weighted by Crippen LogP contribution is -2.56. The predicted molar refractivity (Wildman–Crippen MR) is 117 cm³/mol. The molecule has 0 aliphatic heterocycles. The minimum atomic E-state index is -4.08. The molecule has 30 heavy (non-hydrogen) atoms. The summed E-state index contributed by atoms with van der Waals surface area (Å²) < 4.78 is 40.9. The van der Waals surface area contributed by atoms with Crippen molar-refractivity contribution in [2.45, 2.75) is 49.8 Å². The largest absolute Gasteiger partial charge is 0.397 e. The van der Waals surface area contributed by atoms with Crippen molar-refractivity contribution < 1.29 is 17.6 Å². The molecule has 0 spiro atoms. The predicted octanol–water partition coefficient (Wildman–Crippen LogP) is 3.31. The Morgan fingerprint density at radius 3 is 2.27 bits per heavy atom. The Balaban J connectivity index is 1.87. The number of anilines is 3. The Bertz CT molecular complexity index is 1020. The number of carbonyl (C=O) groups is 1. The first kappa shape index (κ1) is 21.9. The SMILES string of the molecule is C[C@@H](NC(=O)C1(S(=O)(=O)Nc2ccc(N)c(N)c2)CCCCC1)c1ccc(F)cc1. The molecule has 0 aromatic heterocycles. The maximum absolute atomic E-state index is 13.4. The molecule has 1 fully saturated rings. The van der Waals surface area contributed by atoms with Crippen molar-refractivity contribution in [3.05, 3.63) is 53.8 Å². The van der Waals surface area contributed by atoms with Gasteiger partial charge in [-0.25, -0.2) is 12.8 Å². The molecule has 0 bridgehead atoms. The van der Waals surface area contributed by atoms with Crippen molar-refractivity contribution in [3.8, 4) is 0 Å². The molecule has 3 rings (SSSR count). The highest BCUT2D eigenvalue weighted by Gasteiger charge is 2.51. The number of rotatable bonds is 6. The number of hydrogen-bond donors (Lipinski definition) is 4. The minimum Gasteiger partial charge on any atom is -0.397 e. The van der Waals surface area contributed by atoms with E-state index < -0.39 is 26.7 Å². The van der Waals surface area contributed by atoms with Crippen molar-refractivity contribution in [1.29, 1.82) is 0 Å². The summed E-state index contributed by atoms with van der Waals surface area (Å²) in [6.45, 7) is 1.74. The van der Waals surface area contributed by atoms with Gasteiger partial charge in [0.1, 0.15) is 5.82 Å². The van der Waals surface area contributed by atoms with Crippen LogP contribution >= 0.6 is 0 Å². The lowest BCUT2D eigenvalue weighted by molar-refractivity contribution is -0.125. The van der Waals surface area contributed by atoms with Gasteiger partial charge in [-0.1, -0.05) is 31.4 Å². The molecule has 0 radical (unpaired) electrons. The summed E-state index contributed by atoms with van der Waals surface area (Å²) in [4.78, 5) is 13.3. The van der Waals surface area contributed by atoms with Crippen LogP contribution in [0.1, 0.15) is 50.6 Å². The number of carbonyl (C=O) groups excluding carboxylic acids is 1. The summed E-state index contributed by atoms with van der Waals surface area (Å²) in [5.74, 6) is -0.939. The van der Waals surface area contributed by atoms with Crippen LogP contribution in [-0.4, -0.2) is 19.1 Å². The average molecular weight is 435 g/mol. The molecule has 1 aliphatic carbocycles. The van der Waals surface area contributed by atoms with Gasteiger partial charge in [0, 0.05) is 0 Å². The van der Waals surface area contributed by atoms with Crippen LogP contribution < -0.4 is 21.5 Å². The fourth-order valence-electron chi connectivity index (χ4n) is 3.79. The topological polar surface area (TPSA) is 127 Å². The monoisotopic (exact) mass is 434 g/mol. The van der Waals surface area contributed by atoms with Crippen LogP contribution in [0.3, 0.4) is 0 Å². The highest BCUT2D eigenvalue weighted by molar-refractivity contribution is 7.94. The molecule has 7 nitrogen and oxygen atoms in total. The van der Waals surface area contributed by atoms with Crippen molar-refractivity contribution in [1.82, 2.24) is 5.32 Å².